The number of thiocyanates is 1. The number of hydrogen-bond acceptors (Lipinski definition) is 5. The lowest BCUT2D eigenvalue weighted by molar-refractivity contribution is 0.554. The van der Waals surface area contributed by atoms with Crippen LogP contribution in [0.4, 0.5) is 5.69 Å². The molecule has 21 heavy (non-hydrogen) atoms. The minimum Gasteiger partial charge on any atom is -0.454 e. The smallest absolute Gasteiger partial charge is 0.157 e. The van der Waals surface area contributed by atoms with Crippen LogP contribution in [0.15, 0.2) is 38.1 Å². The van der Waals surface area contributed by atoms with Crippen molar-refractivity contribution in [2.45, 2.75) is 20.8 Å². The van der Waals surface area contributed by atoms with Crippen molar-refractivity contribution in [1.29, 1.82) is 5.26 Å². The zero-order chi connectivity index (χ0) is 15.2. The van der Waals surface area contributed by atoms with Crippen LogP contribution in [0.1, 0.15) is 28.2 Å². The number of benzene rings is 1. The van der Waals surface area contributed by atoms with E-state index in [-0.39, 0.29) is 0 Å². The molecular weight excluding hydrogens is 282 g/mol. The predicted molar refractivity (Wildman–Crippen MR) is 87.4 cm³/mol. The van der Waals surface area contributed by atoms with Gasteiger partial charge in [0.05, 0.1) is 30.1 Å². The summed E-state index contributed by atoms with van der Waals surface area (Å²) in [5.41, 5.74) is 4.48. The first kappa shape index (κ1) is 15.1. The molecule has 0 radical (unpaired) electrons. The molecule has 0 unspecified atom stereocenters. The Kier molecular flexibility index (Phi) is 4.96. The Morgan fingerprint density at radius 3 is 2.33 bits per heavy atom. The molecule has 0 aliphatic rings. The fourth-order valence-electron chi connectivity index (χ4n) is 2.11. The number of rotatable bonds is 4. The molecule has 0 atom stereocenters. The number of hydrogen-bond donors (Lipinski definition) is 0. The third-order valence-electron chi connectivity index (χ3n) is 2.88. The molecule has 0 saturated heterocycles. The Hall–Kier alpha value is -2.32. The normalized spacial score (nSPS) is 11.3. The number of aryl methyl sites for hydroxylation is 3. The topological polar surface area (TPSA) is 61.6 Å². The molecule has 0 saturated carbocycles. The molecule has 1 heterocycles. The van der Waals surface area contributed by atoms with Crippen molar-refractivity contribution >= 4 is 30.1 Å². The van der Waals surface area contributed by atoms with Gasteiger partial charge in [-0.3, -0.25) is 4.99 Å². The minimum atomic E-state index is 0.594. The molecule has 0 aliphatic heterocycles. The standard InChI is InChI=1S/C16H15N3OS/c1-11-6-12(2)16(13(3)7-11)18-8-14-4-5-15(20-14)9-19-21-10-17/h4-9H,1-3H3/b18-8?,19-9+. The largest absolute Gasteiger partial charge is 0.454 e. The van der Waals surface area contributed by atoms with Crippen molar-refractivity contribution in [3.05, 3.63) is 52.5 Å². The highest BCUT2D eigenvalue weighted by molar-refractivity contribution is 8.02. The molecule has 0 fully saturated rings. The van der Waals surface area contributed by atoms with E-state index in [1.54, 1.807) is 12.3 Å². The summed E-state index contributed by atoms with van der Waals surface area (Å²) in [6.45, 7) is 6.17. The van der Waals surface area contributed by atoms with Gasteiger partial charge in [-0.2, -0.15) is 5.26 Å². The zero-order valence-electron chi connectivity index (χ0n) is 12.1. The third-order valence-corrected chi connectivity index (χ3v) is 3.17. The van der Waals surface area contributed by atoms with Crippen LogP contribution in [0.3, 0.4) is 0 Å². The van der Waals surface area contributed by atoms with E-state index >= 15 is 0 Å². The molecule has 2 aromatic rings. The first-order chi connectivity index (χ1) is 10.1. The minimum absolute atomic E-state index is 0.594. The Morgan fingerprint density at radius 2 is 1.71 bits per heavy atom. The molecule has 0 N–H and O–H groups in total. The summed E-state index contributed by atoms with van der Waals surface area (Å²) in [4.78, 5) is 4.51. The third kappa shape index (κ3) is 4.07. The second-order valence-electron chi connectivity index (χ2n) is 4.66. The van der Waals surface area contributed by atoms with Gasteiger partial charge in [0.15, 0.2) is 5.40 Å². The molecule has 0 amide bonds. The van der Waals surface area contributed by atoms with Gasteiger partial charge in [0, 0.05) is 0 Å². The van der Waals surface area contributed by atoms with Gasteiger partial charge >= 0.3 is 0 Å². The summed E-state index contributed by atoms with van der Waals surface area (Å²) in [6.07, 6.45) is 3.20. The molecule has 1 aromatic carbocycles. The maximum absolute atomic E-state index is 8.38. The molecule has 106 valence electrons. The average molecular weight is 297 g/mol. The summed E-state index contributed by atoms with van der Waals surface area (Å²) < 4.78 is 9.36. The first-order valence-electron chi connectivity index (χ1n) is 6.40. The maximum atomic E-state index is 8.38. The second-order valence-corrected chi connectivity index (χ2v) is 5.24. The van der Waals surface area contributed by atoms with Crippen molar-refractivity contribution in [1.82, 2.24) is 0 Å². The lowest BCUT2D eigenvalue weighted by Gasteiger charge is -2.05. The van der Waals surface area contributed by atoms with Crippen molar-refractivity contribution in [2.24, 2.45) is 9.39 Å². The molecular formula is C16H15N3OS. The highest BCUT2D eigenvalue weighted by Gasteiger charge is 2.02. The van der Waals surface area contributed by atoms with E-state index in [9.17, 15) is 0 Å². The lowest BCUT2D eigenvalue weighted by Crippen LogP contribution is -1.84. The summed E-state index contributed by atoms with van der Waals surface area (Å²) in [5.74, 6) is 1.24. The molecule has 0 bridgehead atoms. The van der Waals surface area contributed by atoms with Crippen LogP contribution in [-0.2, 0) is 0 Å². The molecule has 0 aliphatic carbocycles. The number of nitriles is 1. The van der Waals surface area contributed by atoms with Gasteiger partial charge in [0.2, 0.25) is 0 Å². The van der Waals surface area contributed by atoms with Gasteiger partial charge in [-0.25, -0.2) is 4.40 Å². The summed E-state index contributed by atoms with van der Waals surface area (Å²) in [7, 11) is 0. The predicted octanol–water partition coefficient (Wildman–Crippen LogP) is 4.50. The quantitative estimate of drug-likeness (QED) is 0.474. The monoisotopic (exact) mass is 297 g/mol. The van der Waals surface area contributed by atoms with Crippen molar-refractivity contribution in [2.75, 3.05) is 0 Å². The lowest BCUT2D eigenvalue weighted by atomic mass is 10.1. The molecule has 0 spiro atoms. The van der Waals surface area contributed by atoms with Crippen molar-refractivity contribution < 1.29 is 4.42 Å². The van der Waals surface area contributed by atoms with Crippen LogP contribution < -0.4 is 0 Å². The fraction of sp³-hybridized carbons (Fsp3) is 0.188. The van der Waals surface area contributed by atoms with Crippen LogP contribution in [0, 0.1) is 31.4 Å². The van der Waals surface area contributed by atoms with Gasteiger partial charge < -0.3 is 4.42 Å². The van der Waals surface area contributed by atoms with Gasteiger partial charge in [0.1, 0.15) is 11.5 Å². The highest BCUT2D eigenvalue weighted by atomic mass is 32.2. The molecule has 5 heteroatoms. The number of furan rings is 1. The number of nitrogens with zero attached hydrogens (tertiary/aromatic N) is 3. The van der Waals surface area contributed by atoms with Crippen LogP contribution >= 0.6 is 11.9 Å². The van der Waals surface area contributed by atoms with Gasteiger partial charge in [-0.15, -0.1) is 0 Å². The Bertz CT molecular complexity index is 715. The SMILES string of the molecule is Cc1cc(C)c(N=Cc2ccc(/C=N/SC#N)o2)c(C)c1. The van der Waals surface area contributed by atoms with Crippen molar-refractivity contribution in [3.63, 3.8) is 0 Å². The van der Waals surface area contributed by atoms with Crippen LogP contribution in [0.5, 0.6) is 0 Å². The van der Waals surface area contributed by atoms with E-state index in [0.29, 0.717) is 11.5 Å². The Labute approximate surface area is 128 Å². The Balaban J connectivity index is 2.17. The van der Waals surface area contributed by atoms with Gasteiger partial charge in [0.25, 0.3) is 0 Å². The zero-order valence-corrected chi connectivity index (χ0v) is 12.9. The fourth-order valence-corrected chi connectivity index (χ4v) is 2.32. The molecule has 2 rings (SSSR count). The highest BCUT2D eigenvalue weighted by Crippen LogP contribution is 2.25. The molecule has 4 nitrogen and oxygen atoms in total. The first-order valence-corrected chi connectivity index (χ1v) is 7.17. The maximum Gasteiger partial charge on any atom is 0.157 e. The van der Waals surface area contributed by atoms with E-state index in [4.69, 9.17) is 9.68 Å². The summed E-state index contributed by atoms with van der Waals surface area (Å²) in [5, 5.41) is 10.2. The summed E-state index contributed by atoms with van der Waals surface area (Å²) >= 11 is 0.809. The average Bonchev–Trinajstić information content (AvgIpc) is 2.86. The van der Waals surface area contributed by atoms with E-state index in [2.05, 4.69) is 28.4 Å². The van der Waals surface area contributed by atoms with Crippen LogP contribution in [0.25, 0.3) is 0 Å². The number of aliphatic imine (C=N–C) groups is 1. The van der Waals surface area contributed by atoms with Crippen LogP contribution in [-0.4, -0.2) is 12.4 Å². The second kappa shape index (κ2) is 6.91. The molecule has 1 aromatic heterocycles. The van der Waals surface area contributed by atoms with Crippen LogP contribution in [0.2, 0.25) is 0 Å². The van der Waals surface area contributed by atoms with E-state index in [1.807, 2.05) is 25.3 Å². The summed E-state index contributed by atoms with van der Waals surface area (Å²) in [6, 6.07) is 7.83. The van der Waals surface area contributed by atoms with E-state index < -0.39 is 0 Å². The van der Waals surface area contributed by atoms with Crippen molar-refractivity contribution in [3.8, 4) is 5.40 Å². The van der Waals surface area contributed by atoms with E-state index in [1.165, 1.54) is 11.8 Å². The van der Waals surface area contributed by atoms with E-state index in [0.717, 1.165) is 28.8 Å². The van der Waals surface area contributed by atoms with Gasteiger partial charge in [-0.1, -0.05) is 17.7 Å². The Morgan fingerprint density at radius 1 is 1.10 bits per heavy atom. The van der Waals surface area contributed by atoms with Gasteiger partial charge in [-0.05, 0) is 44.0 Å².